The Bertz CT molecular complexity index is 377. The third-order valence-electron chi connectivity index (χ3n) is 4.25. The Morgan fingerprint density at radius 3 is 2.63 bits per heavy atom. The van der Waals surface area contributed by atoms with Crippen LogP contribution in [0.3, 0.4) is 0 Å². The van der Waals surface area contributed by atoms with Crippen LogP contribution >= 0.6 is 0 Å². The van der Waals surface area contributed by atoms with E-state index in [9.17, 15) is 5.11 Å². The quantitative estimate of drug-likeness (QED) is 0.876. The highest BCUT2D eigenvalue weighted by atomic mass is 16.3. The first-order valence-corrected chi connectivity index (χ1v) is 7.41. The van der Waals surface area contributed by atoms with E-state index in [0.717, 1.165) is 13.0 Å². The van der Waals surface area contributed by atoms with E-state index in [0.29, 0.717) is 6.04 Å². The highest BCUT2D eigenvalue weighted by molar-refractivity contribution is 5.49. The van der Waals surface area contributed by atoms with Gasteiger partial charge in [0, 0.05) is 18.3 Å². The maximum atomic E-state index is 9.58. The molecule has 0 bridgehead atoms. The molecule has 3 nitrogen and oxygen atoms in total. The summed E-state index contributed by atoms with van der Waals surface area (Å²) < 4.78 is 0. The molecule has 0 aliphatic carbocycles. The number of nitrogens with zero attached hydrogens (tertiary/aromatic N) is 1. The molecule has 1 saturated heterocycles. The Balaban J connectivity index is 2.14. The zero-order valence-electron chi connectivity index (χ0n) is 12.1. The topological polar surface area (TPSA) is 35.5 Å². The van der Waals surface area contributed by atoms with Crippen molar-refractivity contribution in [3.63, 3.8) is 0 Å². The molecule has 0 spiro atoms. The molecule has 2 unspecified atom stereocenters. The summed E-state index contributed by atoms with van der Waals surface area (Å²) >= 11 is 0. The van der Waals surface area contributed by atoms with Crippen LogP contribution in [0.25, 0.3) is 0 Å². The van der Waals surface area contributed by atoms with Crippen molar-refractivity contribution < 1.29 is 5.11 Å². The van der Waals surface area contributed by atoms with Crippen LogP contribution in [0.15, 0.2) is 24.3 Å². The zero-order valence-corrected chi connectivity index (χ0v) is 12.1. The van der Waals surface area contributed by atoms with Crippen molar-refractivity contribution in [1.82, 2.24) is 5.32 Å². The fraction of sp³-hybridized carbons (Fsp3) is 0.625. The molecule has 2 rings (SSSR count). The number of hydrogen-bond donors (Lipinski definition) is 2. The van der Waals surface area contributed by atoms with E-state index in [1.807, 2.05) is 7.05 Å². The van der Waals surface area contributed by atoms with Gasteiger partial charge in [0.1, 0.15) is 0 Å². The average molecular weight is 262 g/mol. The highest BCUT2D eigenvalue weighted by Crippen LogP contribution is 2.25. The Morgan fingerprint density at radius 2 is 2.00 bits per heavy atom. The summed E-state index contributed by atoms with van der Waals surface area (Å²) in [6, 6.07) is 9.43. The fourth-order valence-corrected chi connectivity index (χ4v) is 2.83. The Kier molecular flexibility index (Phi) is 5.23. The van der Waals surface area contributed by atoms with Crippen LogP contribution in [0.4, 0.5) is 5.69 Å². The van der Waals surface area contributed by atoms with Crippen molar-refractivity contribution in [2.24, 2.45) is 0 Å². The number of aliphatic hydroxyl groups excluding tert-OH is 1. The van der Waals surface area contributed by atoms with Crippen molar-refractivity contribution >= 4 is 5.69 Å². The molecular weight excluding hydrogens is 236 g/mol. The van der Waals surface area contributed by atoms with Crippen LogP contribution < -0.4 is 10.2 Å². The van der Waals surface area contributed by atoms with Crippen molar-refractivity contribution in [2.75, 3.05) is 25.1 Å². The van der Waals surface area contributed by atoms with E-state index >= 15 is 0 Å². The zero-order chi connectivity index (χ0) is 13.7. The summed E-state index contributed by atoms with van der Waals surface area (Å²) in [5.41, 5.74) is 2.55. The minimum Gasteiger partial charge on any atom is -0.394 e. The van der Waals surface area contributed by atoms with Crippen molar-refractivity contribution in [3.8, 4) is 0 Å². The van der Waals surface area contributed by atoms with E-state index in [2.05, 4.69) is 41.4 Å². The first kappa shape index (κ1) is 14.4. The van der Waals surface area contributed by atoms with Gasteiger partial charge in [-0.2, -0.15) is 0 Å². The molecule has 1 fully saturated rings. The molecule has 1 aliphatic rings. The van der Waals surface area contributed by atoms with E-state index < -0.39 is 0 Å². The number of rotatable bonds is 4. The van der Waals surface area contributed by atoms with Gasteiger partial charge in [-0.25, -0.2) is 0 Å². The summed E-state index contributed by atoms with van der Waals surface area (Å²) in [4.78, 5) is 2.38. The van der Waals surface area contributed by atoms with Crippen LogP contribution in [0.1, 0.15) is 44.2 Å². The summed E-state index contributed by atoms with van der Waals surface area (Å²) in [6.45, 7) is 3.48. The van der Waals surface area contributed by atoms with Gasteiger partial charge in [-0.15, -0.1) is 0 Å². The smallest absolute Gasteiger partial charge is 0.0635 e. The molecule has 0 amide bonds. The second-order valence-corrected chi connectivity index (χ2v) is 5.48. The molecule has 1 heterocycles. The average Bonchev–Trinajstić information content (AvgIpc) is 2.71. The lowest BCUT2D eigenvalue weighted by atomic mass is 10.1. The van der Waals surface area contributed by atoms with Crippen LogP contribution in [0.2, 0.25) is 0 Å². The van der Waals surface area contributed by atoms with Gasteiger partial charge in [-0.3, -0.25) is 0 Å². The molecule has 2 atom stereocenters. The van der Waals surface area contributed by atoms with Gasteiger partial charge in [-0.05, 0) is 44.5 Å². The monoisotopic (exact) mass is 262 g/mol. The summed E-state index contributed by atoms with van der Waals surface area (Å²) in [5, 5.41) is 12.8. The van der Waals surface area contributed by atoms with Crippen LogP contribution in [-0.2, 0) is 0 Å². The van der Waals surface area contributed by atoms with E-state index in [4.69, 9.17) is 0 Å². The lowest BCUT2D eigenvalue weighted by Gasteiger charge is -2.31. The normalized spacial score (nSPS) is 22.1. The largest absolute Gasteiger partial charge is 0.394 e. The summed E-state index contributed by atoms with van der Waals surface area (Å²) in [7, 11) is 1.98. The minimum absolute atomic E-state index is 0.259. The molecule has 1 aromatic rings. The van der Waals surface area contributed by atoms with Gasteiger partial charge in [0.25, 0.3) is 0 Å². The fourth-order valence-electron chi connectivity index (χ4n) is 2.83. The predicted molar refractivity (Wildman–Crippen MR) is 80.6 cm³/mol. The Hall–Kier alpha value is -1.06. The molecule has 106 valence electrons. The van der Waals surface area contributed by atoms with Gasteiger partial charge in [0.05, 0.1) is 12.6 Å². The van der Waals surface area contributed by atoms with Gasteiger partial charge < -0.3 is 15.3 Å². The number of anilines is 1. The first-order valence-electron chi connectivity index (χ1n) is 7.41. The van der Waals surface area contributed by atoms with E-state index in [1.165, 1.54) is 30.5 Å². The number of aliphatic hydroxyl groups is 1. The minimum atomic E-state index is 0.259. The van der Waals surface area contributed by atoms with Crippen molar-refractivity contribution in [2.45, 2.75) is 44.7 Å². The van der Waals surface area contributed by atoms with Gasteiger partial charge in [0.15, 0.2) is 0 Å². The predicted octanol–water partition coefficient (Wildman–Crippen LogP) is 2.71. The van der Waals surface area contributed by atoms with E-state index in [1.54, 1.807) is 0 Å². The lowest BCUT2D eigenvalue weighted by molar-refractivity contribution is 0.255. The highest BCUT2D eigenvalue weighted by Gasteiger charge is 2.20. The number of hydrogen-bond acceptors (Lipinski definition) is 3. The maximum absolute atomic E-state index is 9.58. The summed E-state index contributed by atoms with van der Waals surface area (Å²) in [5.74, 6) is 0. The SMILES string of the molecule is CNC(C)c1ccc(N2CCCCCC2CO)cc1. The number of nitrogens with one attached hydrogen (secondary N) is 1. The second kappa shape index (κ2) is 6.92. The third kappa shape index (κ3) is 3.48. The Morgan fingerprint density at radius 1 is 1.26 bits per heavy atom. The first-order chi connectivity index (χ1) is 9.26. The molecular formula is C16H26N2O. The lowest BCUT2D eigenvalue weighted by Crippen LogP contribution is -2.37. The van der Waals surface area contributed by atoms with Crippen LogP contribution in [0, 0.1) is 0 Å². The maximum Gasteiger partial charge on any atom is 0.0635 e. The molecule has 19 heavy (non-hydrogen) atoms. The third-order valence-corrected chi connectivity index (χ3v) is 4.25. The molecule has 3 heteroatoms. The molecule has 1 aromatic carbocycles. The van der Waals surface area contributed by atoms with Crippen molar-refractivity contribution in [1.29, 1.82) is 0 Å². The van der Waals surface area contributed by atoms with Crippen molar-refractivity contribution in [3.05, 3.63) is 29.8 Å². The van der Waals surface area contributed by atoms with Gasteiger partial charge in [0.2, 0.25) is 0 Å². The second-order valence-electron chi connectivity index (χ2n) is 5.48. The molecule has 2 N–H and O–H groups in total. The van der Waals surface area contributed by atoms with Gasteiger partial charge in [-0.1, -0.05) is 25.0 Å². The molecule has 0 saturated carbocycles. The van der Waals surface area contributed by atoms with Crippen LogP contribution in [0.5, 0.6) is 0 Å². The van der Waals surface area contributed by atoms with Gasteiger partial charge >= 0.3 is 0 Å². The molecule has 1 aliphatic heterocycles. The number of benzene rings is 1. The van der Waals surface area contributed by atoms with Crippen LogP contribution in [-0.4, -0.2) is 31.3 Å². The molecule has 0 radical (unpaired) electrons. The van der Waals surface area contributed by atoms with E-state index in [-0.39, 0.29) is 12.6 Å². The standard InChI is InChI=1S/C16H26N2O/c1-13(17-2)14-7-9-15(10-8-14)18-11-5-3-4-6-16(18)12-19/h7-10,13,16-17,19H,3-6,11-12H2,1-2H3. The molecule has 0 aromatic heterocycles. The summed E-state index contributed by atoms with van der Waals surface area (Å²) in [6.07, 6.45) is 4.84. The Labute approximate surface area is 116 Å².